The van der Waals surface area contributed by atoms with Crippen LogP contribution in [0, 0.1) is 17.2 Å². The van der Waals surface area contributed by atoms with Gasteiger partial charge in [0.15, 0.2) is 0 Å². The van der Waals surface area contributed by atoms with Crippen LogP contribution in [0.5, 0.6) is 5.88 Å². The van der Waals surface area contributed by atoms with E-state index in [9.17, 15) is 27.9 Å². The highest BCUT2D eigenvalue weighted by molar-refractivity contribution is 5.98. The van der Waals surface area contributed by atoms with Gasteiger partial charge in [0.1, 0.15) is 11.7 Å². The second kappa shape index (κ2) is 12.5. The third kappa shape index (κ3) is 6.80. The zero-order valence-corrected chi connectivity index (χ0v) is 23.2. The van der Waals surface area contributed by atoms with E-state index in [0.29, 0.717) is 11.1 Å². The fourth-order valence-electron chi connectivity index (χ4n) is 4.53. The number of likely N-dealkylation sites (N-methyl/N-ethyl adjacent to an activating group) is 1. The molecule has 3 amide bonds. The number of nitrogens with one attached hydrogen (secondary N) is 1. The number of ether oxygens (including phenoxy) is 1. The number of hydrogen-bond donors (Lipinski definition) is 2. The Bertz CT molecular complexity index is 1470. The molecule has 12 heteroatoms. The molecular formula is C30H30F3N5O4. The van der Waals surface area contributed by atoms with Gasteiger partial charge in [0.05, 0.1) is 36.4 Å². The quantitative estimate of drug-likeness (QED) is 0.422. The van der Waals surface area contributed by atoms with Gasteiger partial charge in [0.25, 0.3) is 5.91 Å². The van der Waals surface area contributed by atoms with E-state index in [1.807, 2.05) is 6.92 Å². The highest BCUT2D eigenvalue weighted by Crippen LogP contribution is 2.31. The Labute approximate surface area is 241 Å². The minimum Gasteiger partial charge on any atom is -0.472 e. The number of halogens is 3. The standard InChI is InChI=1S/C30H30F3N5O4/c1-18-15-38(19(2)17-39)28(40)25-12-22(21-6-4-20(13-34)5-7-21)14-35-27(25)42-26(18)16-37(3)29(41)36-24-10-8-23(9-11-24)30(31,32)33/h4-12,14,18-19,26,39H,15-17H2,1-3H3,(H,36,41)/t18-,19-,26+/m1/s1. The summed E-state index contributed by atoms with van der Waals surface area (Å²) in [6.07, 6.45) is -3.56. The first-order valence-electron chi connectivity index (χ1n) is 13.2. The number of urea groups is 1. The van der Waals surface area contributed by atoms with Gasteiger partial charge in [-0.25, -0.2) is 9.78 Å². The van der Waals surface area contributed by atoms with Crippen LogP contribution in [0.4, 0.5) is 23.7 Å². The summed E-state index contributed by atoms with van der Waals surface area (Å²) in [5.74, 6) is -0.591. The molecule has 42 heavy (non-hydrogen) atoms. The first-order valence-corrected chi connectivity index (χ1v) is 13.2. The Morgan fingerprint density at radius 1 is 1.21 bits per heavy atom. The highest BCUT2D eigenvalue weighted by Gasteiger charge is 2.35. The number of benzene rings is 2. The highest BCUT2D eigenvalue weighted by atomic mass is 19.4. The van der Waals surface area contributed by atoms with E-state index in [4.69, 9.17) is 10.00 Å². The molecule has 9 nitrogen and oxygen atoms in total. The van der Waals surface area contributed by atoms with Crippen molar-refractivity contribution in [3.8, 4) is 23.1 Å². The molecule has 0 fully saturated rings. The molecule has 0 aliphatic carbocycles. The van der Waals surface area contributed by atoms with Crippen LogP contribution in [0.25, 0.3) is 11.1 Å². The number of aliphatic hydroxyl groups is 1. The number of carbonyl (C=O) groups excluding carboxylic acids is 2. The van der Waals surface area contributed by atoms with Gasteiger partial charge < -0.3 is 25.0 Å². The number of nitriles is 1. The van der Waals surface area contributed by atoms with Crippen LogP contribution in [0.3, 0.4) is 0 Å². The van der Waals surface area contributed by atoms with Gasteiger partial charge >= 0.3 is 12.2 Å². The van der Waals surface area contributed by atoms with Crippen LogP contribution in [-0.2, 0) is 6.18 Å². The Morgan fingerprint density at radius 2 is 1.88 bits per heavy atom. The monoisotopic (exact) mass is 581 g/mol. The van der Waals surface area contributed by atoms with Crippen molar-refractivity contribution in [2.45, 2.75) is 32.2 Å². The second-order valence-electron chi connectivity index (χ2n) is 10.3. The summed E-state index contributed by atoms with van der Waals surface area (Å²) in [5, 5.41) is 21.6. The molecule has 1 aromatic heterocycles. The number of aromatic nitrogens is 1. The second-order valence-corrected chi connectivity index (χ2v) is 10.3. The number of nitrogens with zero attached hydrogens (tertiary/aromatic N) is 4. The first kappa shape index (κ1) is 30.3. The zero-order valence-electron chi connectivity index (χ0n) is 23.2. The maximum absolute atomic E-state index is 13.7. The lowest BCUT2D eigenvalue weighted by Crippen LogP contribution is -2.50. The molecule has 0 bridgehead atoms. The largest absolute Gasteiger partial charge is 0.472 e. The van der Waals surface area contributed by atoms with Gasteiger partial charge in [-0.3, -0.25) is 4.79 Å². The number of rotatable bonds is 6. The average molecular weight is 582 g/mol. The Balaban J connectivity index is 1.58. The molecule has 0 spiro atoms. The number of amides is 3. The maximum atomic E-state index is 13.7. The van der Waals surface area contributed by atoms with E-state index in [0.717, 1.165) is 17.7 Å². The number of anilines is 1. The van der Waals surface area contributed by atoms with Crippen molar-refractivity contribution in [1.29, 1.82) is 5.26 Å². The van der Waals surface area contributed by atoms with Crippen molar-refractivity contribution in [3.63, 3.8) is 0 Å². The molecule has 0 saturated heterocycles. The SMILES string of the molecule is C[C@@H]1CN([C@H](C)CO)C(=O)c2cc(-c3ccc(C#N)cc3)cnc2O[C@H]1CN(C)C(=O)Nc1ccc(C(F)(F)F)cc1. The summed E-state index contributed by atoms with van der Waals surface area (Å²) < 4.78 is 44.8. The minimum atomic E-state index is -4.49. The summed E-state index contributed by atoms with van der Waals surface area (Å²) in [6.45, 7) is 3.61. The Kier molecular flexibility index (Phi) is 9.02. The molecule has 4 rings (SSSR count). The molecule has 0 unspecified atom stereocenters. The van der Waals surface area contributed by atoms with Crippen molar-refractivity contribution in [1.82, 2.24) is 14.8 Å². The molecule has 2 N–H and O–H groups in total. The minimum absolute atomic E-state index is 0.0700. The molecule has 2 heterocycles. The average Bonchev–Trinajstić information content (AvgIpc) is 2.98. The van der Waals surface area contributed by atoms with E-state index in [-0.39, 0.29) is 48.7 Å². The molecular weight excluding hydrogens is 551 g/mol. The van der Waals surface area contributed by atoms with Crippen LogP contribution >= 0.6 is 0 Å². The fourth-order valence-corrected chi connectivity index (χ4v) is 4.53. The van der Waals surface area contributed by atoms with Gasteiger partial charge in [-0.2, -0.15) is 18.4 Å². The lowest BCUT2D eigenvalue weighted by Gasteiger charge is -2.37. The normalized spacial score (nSPS) is 17.7. The smallest absolute Gasteiger partial charge is 0.416 e. The molecule has 3 aromatic rings. The predicted molar refractivity (Wildman–Crippen MR) is 149 cm³/mol. The number of pyridine rings is 1. The zero-order chi connectivity index (χ0) is 30.6. The molecule has 0 saturated carbocycles. The number of alkyl halides is 3. The Hall–Kier alpha value is -4.63. The third-order valence-electron chi connectivity index (χ3n) is 7.13. The Morgan fingerprint density at radius 3 is 2.48 bits per heavy atom. The fraction of sp³-hybridized carbons (Fsp3) is 0.333. The van der Waals surface area contributed by atoms with E-state index in [1.54, 1.807) is 48.4 Å². The molecule has 2 aromatic carbocycles. The molecule has 220 valence electrons. The van der Waals surface area contributed by atoms with Crippen LogP contribution in [0.15, 0.2) is 60.8 Å². The predicted octanol–water partition coefficient (Wildman–Crippen LogP) is 5.02. The molecule has 3 atom stereocenters. The van der Waals surface area contributed by atoms with E-state index in [1.165, 1.54) is 24.1 Å². The van der Waals surface area contributed by atoms with Gasteiger partial charge in [-0.05, 0) is 55.0 Å². The maximum Gasteiger partial charge on any atom is 0.416 e. The molecule has 1 aliphatic heterocycles. The van der Waals surface area contributed by atoms with Crippen molar-refractivity contribution in [2.75, 3.05) is 32.1 Å². The molecule has 0 radical (unpaired) electrons. The van der Waals surface area contributed by atoms with E-state index in [2.05, 4.69) is 16.4 Å². The summed E-state index contributed by atoms with van der Waals surface area (Å²) >= 11 is 0. The summed E-state index contributed by atoms with van der Waals surface area (Å²) in [4.78, 5) is 33.9. The van der Waals surface area contributed by atoms with Crippen LogP contribution in [0.1, 0.15) is 35.3 Å². The summed E-state index contributed by atoms with van der Waals surface area (Å²) in [5.41, 5.74) is 1.42. The third-order valence-corrected chi connectivity index (χ3v) is 7.13. The van der Waals surface area contributed by atoms with Crippen LogP contribution in [-0.4, -0.2) is 70.7 Å². The number of aliphatic hydroxyl groups excluding tert-OH is 1. The number of hydrogen-bond acceptors (Lipinski definition) is 6. The topological polar surface area (TPSA) is 119 Å². The van der Waals surface area contributed by atoms with Gasteiger partial charge in [0, 0.05) is 37.0 Å². The lowest BCUT2D eigenvalue weighted by atomic mass is 9.99. The summed E-state index contributed by atoms with van der Waals surface area (Å²) in [6, 6.07) is 13.6. The van der Waals surface area contributed by atoms with E-state index >= 15 is 0 Å². The molecule has 1 aliphatic rings. The van der Waals surface area contributed by atoms with Crippen molar-refractivity contribution >= 4 is 17.6 Å². The van der Waals surface area contributed by atoms with Gasteiger partial charge in [-0.1, -0.05) is 19.1 Å². The van der Waals surface area contributed by atoms with Gasteiger partial charge in [-0.15, -0.1) is 0 Å². The first-order chi connectivity index (χ1) is 19.9. The van der Waals surface area contributed by atoms with E-state index < -0.39 is 29.9 Å². The van der Waals surface area contributed by atoms with Crippen molar-refractivity contribution in [2.24, 2.45) is 5.92 Å². The van der Waals surface area contributed by atoms with Gasteiger partial charge in [0.2, 0.25) is 5.88 Å². The van der Waals surface area contributed by atoms with Crippen molar-refractivity contribution < 1.29 is 32.6 Å². The summed E-state index contributed by atoms with van der Waals surface area (Å²) in [7, 11) is 1.52. The van der Waals surface area contributed by atoms with Crippen LogP contribution in [0.2, 0.25) is 0 Å². The lowest BCUT2D eigenvalue weighted by molar-refractivity contribution is -0.137. The van der Waals surface area contributed by atoms with Crippen LogP contribution < -0.4 is 10.1 Å². The number of fused-ring (bicyclic) bond motifs is 1. The number of carbonyl (C=O) groups is 2. The van der Waals surface area contributed by atoms with Crippen molar-refractivity contribution in [3.05, 3.63) is 77.5 Å².